The Hall–Kier alpha value is -2.79. The fourth-order valence-corrected chi connectivity index (χ4v) is 3.43. The molecule has 3 rings (SSSR count). The van der Waals surface area contributed by atoms with E-state index in [0.29, 0.717) is 21.3 Å². The van der Waals surface area contributed by atoms with Crippen LogP contribution in [0.1, 0.15) is 31.3 Å². The van der Waals surface area contributed by atoms with Crippen molar-refractivity contribution in [2.24, 2.45) is 0 Å². The van der Waals surface area contributed by atoms with Crippen LogP contribution >= 0.6 is 11.3 Å². The number of halogens is 1. The summed E-state index contributed by atoms with van der Waals surface area (Å²) in [6, 6.07) is 5.86. The van der Waals surface area contributed by atoms with Gasteiger partial charge in [0.15, 0.2) is 5.01 Å². The van der Waals surface area contributed by atoms with Crippen LogP contribution in [0.2, 0.25) is 0 Å². The quantitative estimate of drug-likeness (QED) is 0.689. The van der Waals surface area contributed by atoms with Crippen molar-refractivity contribution in [2.75, 3.05) is 0 Å². The maximum atomic E-state index is 13.3. The van der Waals surface area contributed by atoms with E-state index in [-0.39, 0.29) is 5.69 Å². The van der Waals surface area contributed by atoms with Crippen LogP contribution in [0.5, 0.6) is 0 Å². The van der Waals surface area contributed by atoms with E-state index in [9.17, 15) is 17.6 Å². The highest BCUT2D eigenvalue weighted by molar-refractivity contribution is 7.91. The first-order valence-electron chi connectivity index (χ1n) is 8.05. The summed E-state index contributed by atoms with van der Waals surface area (Å²) in [4.78, 5) is 20.3. The zero-order chi connectivity index (χ0) is 20.5. The molecule has 0 saturated heterocycles. The third kappa shape index (κ3) is 4.20. The molecule has 1 amide bonds. The van der Waals surface area contributed by atoms with E-state index in [1.165, 1.54) is 39.1 Å². The first-order chi connectivity index (χ1) is 13.1. The van der Waals surface area contributed by atoms with Crippen LogP contribution in [0.25, 0.3) is 21.3 Å². The average Bonchev–Trinajstić information content (AvgIpc) is 3.11. The minimum Gasteiger partial charge on any atom is -0.266 e. The van der Waals surface area contributed by atoms with Gasteiger partial charge in [0.05, 0.1) is 10.9 Å². The summed E-state index contributed by atoms with van der Waals surface area (Å²) in [5, 5.41) is 8.84. The molecule has 3 heterocycles. The molecular formula is C17H16FN5O3S2. The highest BCUT2D eigenvalue weighted by atomic mass is 32.2. The number of rotatable bonds is 4. The Labute approximate surface area is 164 Å². The minimum absolute atomic E-state index is 0.0745. The predicted molar refractivity (Wildman–Crippen MR) is 102 cm³/mol. The molecule has 0 aliphatic heterocycles. The zero-order valence-electron chi connectivity index (χ0n) is 15.2. The van der Waals surface area contributed by atoms with Gasteiger partial charge in [-0.3, -0.25) is 9.78 Å². The number of nitrogens with one attached hydrogen (secondary N) is 1. The summed E-state index contributed by atoms with van der Waals surface area (Å²) < 4.78 is 38.5. The highest BCUT2D eigenvalue weighted by Gasteiger charge is 2.31. The number of carbonyl (C=O) groups is 1. The van der Waals surface area contributed by atoms with Gasteiger partial charge in [-0.25, -0.2) is 22.5 Å². The molecule has 8 nitrogen and oxygen atoms in total. The lowest BCUT2D eigenvalue weighted by Crippen LogP contribution is -2.42. The molecule has 0 fully saturated rings. The molecule has 3 aromatic rings. The Morgan fingerprint density at radius 2 is 1.86 bits per heavy atom. The third-order valence-electron chi connectivity index (χ3n) is 3.61. The van der Waals surface area contributed by atoms with Crippen LogP contribution in [-0.2, 0) is 10.0 Å². The second-order valence-electron chi connectivity index (χ2n) is 6.76. The summed E-state index contributed by atoms with van der Waals surface area (Å²) in [5.41, 5.74) is 0.734. The van der Waals surface area contributed by atoms with Gasteiger partial charge in [0.25, 0.3) is 5.91 Å². The van der Waals surface area contributed by atoms with Crippen LogP contribution in [-0.4, -0.2) is 39.2 Å². The minimum atomic E-state index is -3.87. The fraction of sp³-hybridized carbons (Fsp3) is 0.235. The Kier molecular flexibility index (Phi) is 5.22. The van der Waals surface area contributed by atoms with E-state index < -0.39 is 26.5 Å². The Balaban J connectivity index is 1.87. The molecule has 0 radical (unpaired) electrons. The number of sulfonamides is 1. The van der Waals surface area contributed by atoms with Crippen molar-refractivity contribution in [1.29, 1.82) is 0 Å². The molecule has 0 spiro atoms. The standard InChI is InChI=1S/C17H16FN5O3S2/c1-17(2,3)28(25,26)23-14(24)12-5-4-6-13(20-12)16-22-21-15(27-16)10-7-11(18)9-19-8-10/h4-9H,1-3H3,(H,23,24). The lowest BCUT2D eigenvalue weighted by atomic mass is 10.3. The van der Waals surface area contributed by atoms with Crippen molar-refractivity contribution < 1.29 is 17.6 Å². The van der Waals surface area contributed by atoms with E-state index in [1.807, 2.05) is 4.72 Å². The summed E-state index contributed by atoms with van der Waals surface area (Å²) >= 11 is 1.14. The molecule has 0 saturated carbocycles. The number of hydrogen-bond acceptors (Lipinski definition) is 8. The van der Waals surface area contributed by atoms with Gasteiger partial charge in [0.1, 0.15) is 22.2 Å². The van der Waals surface area contributed by atoms with E-state index in [4.69, 9.17) is 0 Å². The van der Waals surface area contributed by atoms with Crippen LogP contribution < -0.4 is 4.72 Å². The van der Waals surface area contributed by atoms with Gasteiger partial charge in [-0.15, -0.1) is 10.2 Å². The van der Waals surface area contributed by atoms with Gasteiger partial charge in [-0.05, 0) is 39.0 Å². The number of nitrogens with zero attached hydrogens (tertiary/aromatic N) is 4. The van der Waals surface area contributed by atoms with Gasteiger partial charge in [0, 0.05) is 11.8 Å². The lowest BCUT2D eigenvalue weighted by molar-refractivity contribution is 0.0976. The van der Waals surface area contributed by atoms with Crippen LogP contribution in [0.15, 0.2) is 36.7 Å². The fourth-order valence-electron chi connectivity index (χ4n) is 1.98. The molecule has 28 heavy (non-hydrogen) atoms. The topological polar surface area (TPSA) is 115 Å². The number of amides is 1. The van der Waals surface area contributed by atoms with Gasteiger partial charge in [-0.1, -0.05) is 17.4 Å². The molecule has 0 bridgehead atoms. The van der Waals surface area contributed by atoms with Gasteiger partial charge in [0.2, 0.25) is 10.0 Å². The molecule has 146 valence electrons. The van der Waals surface area contributed by atoms with Crippen LogP contribution in [0.4, 0.5) is 4.39 Å². The lowest BCUT2D eigenvalue weighted by Gasteiger charge is -2.19. The van der Waals surface area contributed by atoms with E-state index in [0.717, 1.165) is 17.5 Å². The van der Waals surface area contributed by atoms with Crippen molar-refractivity contribution in [1.82, 2.24) is 24.9 Å². The van der Waals surface area contributed by atoms with Crippen molar-refractivity contribution >= 4 is 27.3 Å². The second kappa shape index (κ2) is 7.32. The van der Waals surface area contributed by atoms with E-state index in [2.05, 4.69) is 20.2 Å². The molecule has 0 aliphatic rings. The second-order valence-corrected chi connectivity index (χ2v) is 10.2. The summed E-state index contributed by atoms with van der Waals surface area (Å²) in [6.07, 6.45) is 2.54. The number of pyridine rings is 2. The predicted octanol–water partition coefficient (Wildman–Crippen LogP) is 2.66. The molecular weight excluding hydrogens is 405 g/mol. The monoisotopic (exact) mass is 421 g/mol. The van der Waals surface area contributed by atoms with Gasteiger partial charge >= 0.3 is 0 Å². The molecule has 3 aromatic heterocycles. The summed E-state index contributed by atoms with van der Waals surface area (Å²) in [6.45, 7) is 4.45. The number of hydrogen-bond donors (Lipinski definition) is 1. The molecule has 0 unspecified atom stereocenters. The van der Waals surface area contributed by atoms with Gasteiger partial charge in [-0.2, -0.15) is 0 Å². The SMILES string of the molecule is CC(C)(C)S(=O)(=O)NC(=O)c1cccc(-c2nnc(-c3cncc(F)c3)s2)n1. The van der Waals surface area contributed by atoms with Crippen LogP contribution in [0, 0.1) is 5.82 Å². The van der Waals surface area contributed by atoms with Gasteiger partial charge < -0.3 is 0 Å². The average molecular weight is 421 g/mol. The highest BCUT2D eigenvalue weighted by Crippen LogP contribution is 2.29. The maximum Gasteiger partial charge on any atom is 0.283 e. The normalized spacial score (nSPS) is 12.0. The third-order valence-corrected chi connectivity index (χ3v) is 6.67. The van der Waals surface area contributed by atoms with Crippen molar-refractivity contribution in [3.05, 3.63) is 48.2 Å². The molecule has 1 N–H and O–H groups in total. The zero-order valence-corrected chi connectivity index (χ0v) is 16.8. The Morgan fingerprint density at radius 3 is 2.54 bits per heavy atom. The van der Waals surface area contributed by atoms with Crippen LogP contribution in [0.3, 0.4) is 0 Å². The smallest absolute Gasteiger partial charge is 0.266 e. The summed E-state index contributed by atoms with van der Waals surface area (Å²) in [5.74, 6) is -1.33. The molecule has 0 atom stereocenters. The molecule has 11 heteroatoms. The maximum absolute atomic E-state index is 13.3. The number of carbonyl (C=O) groups excluding carboxylic acids is 1. The van der Waals surface area contributed by atoms with E-state index in [1.54, 1.807) is 12.1 Å². The summed E-state index contributed by atoms with van der Waals surface area (Å²) in [7, 11) is -3.87. The molecule has 0 aliphatic carbocycles. The largest absolute Gasteiger partial charge is 0.283 e. The number of aromatic nitrogens is 4. The molecule has 0 aromatic carbocycles. The van der Waals surface area contributed by atoms with Crippen molar-refractivity contribution in [2.45, 2.75) is 25.5 Å². The van der Waals surface area contributed by atoms with Crippen molar-refractivity contribution in [3.63, 3.8) is 0 Å². The Bertz CT molecular complexity index is 1140. The first-order valence-corrected chi connectivity index (χ1v) is 10.4. The van der Waals surface area contributed by atoms with E-state index >= 15 is 0 Å². The van der Waals surface area contributed by atoms with Crippen molar-refractivity contribution in [3.8, 4) is 21.3 Å². The first kappa shape index (κ1) is 20.0. The Morgan fingerprint density at radius 1 is 1.14 bits per heavy atom.